The van der Waals surface area contributed by atoms with Crippen molar-refractivity contribution in [3.63, 3.8) is 0 Å². The van der Waals surface area contributed by atoms with Gasteiger partial charge in [0.2, 0.25) is 0 Å². The second-order valence-corrected chi connectivity index (χ2v) is 6.50. The van der Waals surface area contributed by atoms with Crippen LogP contribution in [-0.2, 0) is 0 Å². The summed E-state index contributed by atoms with van der Waals surface area (Å²) >= 11 is 0. The van der Waals surface area contributed by atoms with Crippen molar-refractivity contribution >= 4 is 0 Å². The molecule has 2 unspecified atom stereocenters. The SMILES string of the molecule is CCC1CC(NCC(C)(C)C)CN(CC)C1. The number of likely N-dealkylation sites (tertiary alicyclic amines) is 1. The molecule has 1 N–H and O–H groups in total. The van der Waals surface area contributed by atoms with Gasteiger partial charge in [-0.25, -0.2) is 0 Å². The molecule has 0 aromatic heterocycles. The molecule has 0 bridgehead atoms. The van der Waals surface area contributed by atoms with Gasteiger partial charge in [0.05, 0.1) is 0 Å². The Labute approximate surface area is 102 Å². The van der Waals surface area contributed by atoms with E-state index in [1.54, 1.807) is 0 Å². The van der Waals surface area contributed by atoms with Crippen molar-refractivity contribution in [1.29, 1.82) is 0 Å². The van der Waals surface area contributed by atoms with Gasteiger partial charge in [0.25, 0.3) is 0 Å². The Hall–Kier alpha value is -0.0800. The van der Waals surface area contributed by atoms with Crippen LogP contribution in [-0.4, -0.2) is 37.1 Å². The van der Waals surface area contributed by atoms with E-state index in [0.29, 0.717) is 11.5 Å². The standard InChI is InChI=1S/C14H30N2/c1-6-12-8-13(10-16(7-2)9-12)15-11-14(3,4)5/h12-13,15H,6-11H2,1-5H3. The first-order chi connectivity index (χ1) is 7.44. The van der Waals surface area contributed by atoms with Crippen LogP contribution in [0.2, 0.25) is 0 Å². The van der Waals surface area contributed by atoms with Gasteiger partial charge in [-0.05, 0) is 24.3 Å². The number of rotatable bonds is 4. The normalized spacial score (nSPS) is 28.3. The molecule has 0 aromatic carbocycles. The summed E-state index contributed by atoms with van der Waals surface area (Å²) in [5.41, 5.74) is 0.399. The summed E-state index contributed by atoms with van der Waals surface area (Å²) in [5.74, 6) is 0.895. The molecule has 2 atom stereocenters. The highest BCUT2D eigenvalue weighted by atomic mass is 15.2. The Bertz CT molecular complexity index is 183. The lowest BCUT2D eigenvalue weighted by Crippen LogP contribution is -2.50. The molecule has 1 aliphatic heterocycles. The molecule has 1 rings (SSSR count). The average molecular weight is 226 g/mol. The van der Waals surface area contributed by atoms with Crippen LogP contribution in [0.15, 0.2) is 0 Å². The van der Waals surface area contributed by atoms with Crippen molar-refractivity contribution in [2.45, 2.75) is 53.5 Å². The fraction of sp³-hybridized carbons (Fsp3) is 1.00. The highest BCUT2D eigenvalue weighted by Gasteiger charge is 2.25. The molecule has 0 aromatic rings. The lowest BCUT2D eigenvalue weighted by molar-refractivity contribution is 0.138. The Kier molecular flexibility index (Phi) is 5.26. The van der Waals surface area contributed by atoms with Crippen LogP contribution in [0, 0.1) is 11.3 Å². The average Bonchev–Trinajstić information content (AvgIpc) is 2.25. The van der Waals surface area contributed by atoms with Gasteiger partial charge < -0.3 is 10.2 Å². The Morgan fingerprint density at radius 1 is 1.19 bits per heavy atom. The zero-order chi connectivity index (χ0) is 12.2. The number of nitrogens with zero attached hydrogens (tertiary/aromatic N) is 1. The third-order valence-electron chi connectivity index (χ3n) is 3.56. The first-order valence-corrected chi connectivity index (χ1v) is 6.90. The van der Waals surface area contributed by atoms with Crippen LogP contribution in [0.3, 0.4) is 0 Å². The molecule has 1 heterocycles. The zero-order valence-corrected chi connectivity index (χ0v) is 11.8. The second-order valence-electron chi connectivity index (χ2n) is 6.50. The third-order valence-corrected chi connectivity index (χ3v) is 3.56. The van der Waals surface area contributed by atoms with Gasteiger partial charge in [0, 0.05) is 25.7 Å². The molecule has 0 amide bonds. The minimum absolute atomic E-state index is 0.399. The quantitative estimate of drug-likeness (QED) is 0.793. The van der Waals surface area contributed by atoms with Gasteiger partial charge in [-0.15, -0.1) is 0 Å². The van der Waals surface area contributed by atoms with Crippen LogP contribution < -0.4 is 5.32 Å². The molecule has 0 spiro atoms. The lowest BCUT2D eigenvalue weighted by atomic mass is 9.90. The first-order valence-electron chi connectivity index (χ1n) is 6.90. The fourth-order valence-electron chi connectivity index (χ4n) is 2.46. The second kappa shape index (κ2) is 6.02. The van der Waals surface area contributed by atoms with Crippen molar-refractivity contribution in [2.24, 2.45) is 11.3 Å². The van der Waals surface area contributed by atoms with Crippen molar-refractivity contribution < 1.29 is 0 Å². The molecule has 1 saturated heterocycles. The molecule has 0 saturated carbocycles. The highest BCUT2D eigenvalue weighted by molar-refractivity contribution is 4.83. The van der Waals surface area contributed by atoms with Gasteiger partial charge in [-0.1, -0.05) is 41.0 Å². The van der Waals surface area contributed by atoms with E-state index in [1.165, 1.54) is 32.5 Å². The van der Waals surface area contributed by atoms with Crippen LogP contribution in [0.25, 0.3) is 0 Å². The number of piperidine rings is 1. The Morgan fingerprint density at radius 3 is 2.38 bits per heavy atom. The van der Waals surface area contributed by atoms with Crippen molar-refractivity contribution in [3.05, 3.63) is 0 Å². The number of hydrogen-bond donors (Lipinski definition) is 1. The van der Waals surface area contributed by atoms with E-state index in [0.717, 1.165) is 12.5 Å². The maximum Gasteiger partial charge on any atom is 0.0198 e. The molecule has 1 aliphatic rings. The summed E-state index contributed by atoms with van der Waals surface area (Å²) in [5, 5.41) is 3.75. The zero-order valence-electron chi connectivity index (χ0n) is 11.8. The summed E-state index contributed by atoms with van der Waals surface area (Å²) in [7, 11) is 0. The van der Waals surface area contributed by atoms with Crippen molar-refractivity contribution in [3.8, 4) is 0 Å². The van der Waals surface area contributed by atoms with E-state index in [-0.39, 0.29) is 0 Å². The van der Waals surface area contributed by atoms with Gasteiger partial charge in [-0.3, -0.25) is 0 Å². The van der Waals surface area contributed by atoms with Gasteiger partial charge in [0.15, 0.2) is 0 Å². The summed E-state index contributed by atoms with van der Waals surface area (Å²) in [6, 6.07) is 0.706. The van der Waals surface area contributed by atoms with Crippen LogP contribution >= 0.6 is 0 Å². The Balaban J connectivity index is 2.40. The Morgan fingerprint density at radius 2 is 1.88 bits per heavy atom. The molecule has 96 valence electrons. The largest absolute Gasteiger partial charge is 0.312 e. The monoisotopic (exact) mass is 226 g/mol. The molecule has 2 nitrogen and oxygen atoms in total. The summed E-state index contributed by atoms with van der Waals surface area (Å²) in [4.78, 5) is 2.60. The fourth-order valence-corrected chi connectivity index (χ4v) is 2.46. The molecular formula is C14H30N2. The predicted octanol–water partition coefficient (Wildman–Crippen LogP) is 2.74. The van der Waals surface area contributed by atoms with Gasteiger partial charge in [0.1, 0.15) is 0 Å². The predicted molar refractivity (Wildman–Crippen MR) is 71.8 cm³/mol. The third kappa shape index (κ3) is 4.84. The van der Waals surface area contributed by atoms with Crippen LogP contribution in [0.5, 0.6) is 0 Å². The van der Waals surface area contributed by atoms with E-state index in [9.17, 15) is 0 Å². The van der Waals surface area contributed by atoms with Crippen LogP contribution in [0.4, 0.5) is 0 Å². The van der Waals surface area contributed by atoms with E-state index in [1.807, 2.05) is 0 Å². The van der Waals surface area contributed by atoms with Crippen molar-refractivity contribution in [1.82, 2.24) is 10.2 Å². The summed E-state index contributed by atoms with van der Waals surface area (Å²) in [6.45, 7) is 16.4. The van der Waals surface area contributed by atoms with Crippen LogP contribution in [0.1, 0.15) is 47.5 Å². The van der Waals surface area contributed by atoms with Gasteiger partial charge in [-0.2, -0.15) is 0 Å². The van der Waals surface area contributed by atoms with E-state index < -0.39 is 0 Å². The maximum absolute atomic E-state index is 3.75. The molecule has 0 radical (unpaired) electrons. The lowest BCUT2D eigenvalue weighted by Gasteiger charge is -2.38. The van der Waals surface area contributed by atoms with E-state index in [2.05, 4.69) is 44.8 Å². The van der Waals surface area contributed by atoms with E-state index in [4.69, 9.17) is 0 Å². The topological polar surface area (TPSA) is 15.3 Å². The highest BCUT2D eigenvalue weighted by Crippen LogP contribution is 2.20. The minimum atomic E-state index is 0.399. The summed E-state index contributed by atoms with van der Waals surface area (Å²) < 4.78 is 0. The smallest absolute Gasteiger partial charge is 0.0198 e. The molecule has 16 heavy (non-hydrogen) atoms. The first kappa shape index (κ1) is 14.0. The maximum atomic E-state index is 3.75. The minimum Gasteiger partial charge on any atom is -0.312 e. The number of hydrogen-bond acceptors (Lipinski definition) is 2. The number of nitrogens with one attached hydrogen (secondary N) is 1. The van der Waals surface area contributed by atoms with Crippen molar-refractivity contribution in [2.75, 3.05) is 26.2 Å². The molecule has 1 fully saturated rings. The molecular weight excluding hydrogens is 196 g/mol. The number of likely N-dealkylation sites (N-methyl/N-ethyl adjacent to an activating group) is 1. The van der Waals surface area contributed by atoms with E-state index >= 15 is 0 Å². The molecule has 0 aliphatic carbocycles. The summed E-state index contributed by atoms with van der Waals surface area (Å²) in [6.07, 6.45) is 2.69. The molecule has 2 heteroatoms. The van der Waals surface area contributed by atoms with Gasteiger partial charge >= 0.3 is 0 Å².